The van der Waals surface area contributed by atoms with Crippen LogP contribution in [0.3, 0.4) is 0 Å². The molecule has 1 atom stereocenters. The Kier molecular flexibility index (Phi) is 4.26. The van der Waals surface area contributed by atoms with Crippen LogP contribution in [0, 0.1) is 5.92 Å². The largest absolute Gasteiger partial charge is 0.387 e. The van der Waals surface area contributed by atoms with Crippen LogP contribution in [0.5, 0.6) is 0 Å². The molecule has 13 heavy (non-hydrogen) atoms. The van der Waals surface area contributed by atoms with Crippen molar-refractivity contribution in [2.75, 3.05) is 0 Å². The summed E-state index contributed by atoms with van der Waals surface area (Å²) in [6.45, 7) is 4.40. The molecular formula is C11H22N2. The van der Waals surface area contributed by atoms with E-state index in [1.165, 1.54) is 38.5 Å². The van der Waals surface area contributed by atoms with Crippen molar-refractivity contribution in [3.8, 4) is 0 Å². The molecule has 0 saturated heterocycles. The summed E-state index contributed by atoms with van der Waals surface area (Å²) in [6, 6.07) is 0.437. The maximum Gasteiger partial charge on any atom is 0.0971 e. The monoisotopic (exact) mass is 182 g/mol. The van der Waals surface area contributed by atoms with E-state index in [-0.39, 0.29) is 0 Å². The highest BCUT2D eigenvalue weighted by molar-refractivity contribution is 5.85. The van der Waals surface area contributed by atoms with E-state index >= 15 is 0 Å². The van der Waals surface area contributed by atoms with Gasteiger partial charge < -0.3 is 5.73 Å². The minimum Gasteiger partial charge on any atom is -0.387 e. The Morgan fingerprint density at radius 2 is 2.15 bits per heavy atom. The second kappa shape index (κ2) is 5.25. The Labute approximate surface area is 81.6 Å². The molecule has 2 N–H and O–H groups in total. The van der Waals surface area contributed by atoms with E-state index in [0.717, 1.165) is 5.84 Å². The van der Waals surface area contributed by atoms with Crippen molar-refractivity contribution in [1.82, 2.24) is 0 Å². The lowest BCUT2D eigenvalue weighted by Crippen LogP contribution is -2.17. The van der Waals surface area contributed by atoms with Gasteiger partial charge in [-0.1, -0.05) is 26.2 Å². The minimum atomic E-state index is 0.437. The third-order valence-corrected chi connectivity index (χ3v) is 2.59. The smallest absolute Gasteiger partial charge is 0.0971 e. The molecule has 0 radical (unpaired) electrons. The van der Waals surface area contributed by atoms with Gasteiger partial charge in [-0.2, -0.15) is 0 Å². The summed E-state index contributed by atoms with van der Waals surface area (Å²) in [4.78, 5) is 4.51. The summed E-state index contributed by atoms with van der Waals surface area (Å²) >= 11 is 0. The zero-order chi connectivity index (χ0) is 9.68. The van der Waals surface area contributed by atoms with Gasteiger partial charge in [0, 0.05) is 12.0 Å². The molecule has 1 rings (SSSR count). The predicted molar refractivity (Wildman–Crippen MR) is 58.0 cm³/mol. The zero-order valence-electron chi connectivity index (χ0n) is 8.92. The molecule has 0 bridgehead atoms. The Morgan fingerprint density at radius 1 is 1.46 bits per heavy atom. The molecule has 76 valence electrons. The number of hydrogen-bond acceptors (Lipinski definition) is 1. The van der Waals surface area contributed by atoms with Gasteiger partial charge in [-0.3, -0.25) is 4.99 Å². The maximum absolute atomic E-state index is 5.83. The first-order chi connectivity index (χ1) is 6.24. The molecule has 1 fully saturated rings. The Bertz CT molecular complexity index is 171. The van der Waals surface area contributed by atoms with Crippen LogP contribution >= 0.6 is 0 Å². The fraction of sp³-hybridized carbons (Fsp3) is 0.909. The van der Waals surface area contributed by atoms with E-state index < -0.39 is 0 Å². The first-order valence-electron chi connectivity index (χ1n) is 5.57. The number of unbranched alkanes of at least 4 members (excludes halogenated alkanes) is 2. The second-order valence-corrected chi connectivity index (χ2v) is 4.17. The Morgan fingerprint density at radius 3 is 2.69 bits per heavy atom. The summed E-state index contributed by atoms with van der Waals surface area (Å²) < 4.78 is 0. The van der Waals surface area contributed by atoms with Gasteiger partial charge in [0.15, 0.2) is 0 Å². The van der Waals surface area contributed by atoms with Gasteiger partial charge in [-0.05, 0) is 26.2 Å². The van der Waals surface area contributed by atoms with Crippen LogP contribution in [-0.2, 0) is 0 Å². The van der Waals surface area contributed by atoms with Crippen LogP contribution in [0.25, 0.3) is 0 Å². The van der Waals surface area contributed by atoms with Gasteiger partial charge in [0.1, 0.15) is 0 Å². The van der Waals surface area contributed by atoms with Crippen LogP contribution < -0.4 is 5.73 Å². The fourth-order valence-corrected chi connectivity index (χ4v) is 1.49. The zero-order valence-corrected chi connectivity index (χ0v) is 8.92. The van der Waals surface area contributed by atoms with Gasteiger partial charge in [0.2, 0.25) is 0 Å². The first-order valence-corrected chi connectivity index (χ1v) is 5.57. The van der Waals surface area contributed by atoms with Crippen molar-refractivity contribution < 1.29 is 0 Å². The maximum atomic E-state index is 5.83. The molecule has 0 aliphatic heterocycles. The van der Waals surface area contributed by atoms with E-state index in [1.54, 1.807) is 0 Å². The van der Waals surface area contributed by atoms with E-state index in [0.29, 0.717) is 12.0 Å². The Hall–Kier alpha value is -0.530. The van der Waals surface area contributed by atoms with Gasteiger partial charge in [-0.25, -0.2) is 0 Å². The summed E-state index contributed by atoms with van der Waals surface area (Å²) in [5.74, 6) is 1.54. The lowest BCUT2D eigenvalue weighted by atomic mass is 10.1. The SMILES string of the molecule is CCCCCC(C)N=C(N)C1CC1. The number of nitrogens with two attached hydrogens (primary N) is 1. The van der Waals surface area contributed by atoms with Crippen molar-refractivity contribution >= 4 is 5.84 Å². The third-order valence-electron chi connectivity index (χ3n) is 2.59. The van der Waals surface area contributed by atoms with Gasteiger partial charge in [0.25, 0.3) is 0 Å². The molecule has 1 aliphatic carbocycles. The van der Waals surface area contributed by atoms with Gasteiger partial charge in [-0.15, -0.1) is 0 Å². The summed E-state index contributed by atoms with van der Waals surface area (Å²) in [7, 11) is 0. The molecule has 2 nitrogen and oxygen atoms in total. The predicted octanol–water partition coefficient (Wildman–Crippen LogP) is 2.72. The summed E-state index contributed by atoms with van der Waals surface area (Å²) in [5.41, 5.74) is 5.83. The average Bonchev–Trinajstić information content (AvgIpc) is 2.86. The summed E-state index contributed by atoms with van der Waals surface area (Å²) in [5, 5.41) is 0. The molecule has 1 saturated carbocycles. The molecule has 0 amide bonds. The fourth-order valence-electron chi connectivity index (χ4n) is 1.49. The van der Waals surface area contributed by atoms with Crippen LogP contribution in [0.1, 0.15) is 52.4 Å². The van der Waals surface area contributed by atoms with Crippen molar-refractivity contribution in [2.45, 2.75) is 58.4 Å². The molecule has 1 unspecified atom stereocenters. The molecular weight excluding hydrogens is 160 g/mol. The first kappa shape index (κ1) is 10.6. The van der Waals surface area contributed by atoms with Crippen LogP contribution in [-0.4, -0.2) is 11.9 Å². The normalized spacial score (nSPS) is 20.3. The molecule has 0 aromatic rings. The lowest BCUT2D eigenvalue weighted by molar-refractivity contribution is 0.591. The van der Waals surface area contributed by atoms with Crippen molar-refractivity contribution in [3.63, 3.8) is 0 Å². The quantitative estimate of drug-likeness (QED) is 0.383. The van der Waals surface area contributed by atoms with Crippen LogP contribution in [0.15, 0.2) is 4.99 Å². The number of rotatable bonds is 6. The van der Waals surface area contributed by atoms with Gasteiger partial charge >= 0.3 is 0 Å². The molecule has 0 spiro atoms. The molecule has 0 aromatic heterocycles. The highest BCUT2D eigenvalue weighted by Gasteiger charge is 2.25. The lowest BCUT2D eigenvalue weighted by Gasteiger charge is -2.06. The van der Waals surface area contributed by atoms with Crippen LogP contribution in [0.2, 0.25) is 0 Å². The standard InChI is InChI=1S/C11H22N2/c1-3-4-5-6-9(2)13-11(12)10-7-8-10/h9-10H,3-8H2,1-2H3,(H2,12,13). The average molecular weight is 182 g/mol. The van der Waals surface area contributed by atoms with Crippen molar-refractivity contribution in [1.29, 1.82) is 0 Å². The van der Waals surface area contributed by atoms with E-state index in [4.69, 9.17) is 5.73 Å². The minimum absolute atomic E-state index is 0.437. The van der Waals surface area contributed by atoms with E-state index in [1.807, 2.05) is 0 Å². The number of hydrogen-bond donors (Lipinski definition) is 1. The summed E-state index contributed by atoms with van der Waals surface area (Å²) in [6.07, 6.45) is 7.62. The second-order valence-electron chi connectivity index (χ2n) is 4.17. The van der Waals surface area contributed by atoms with Crippen molar-refractivity contribution in [2.24, 2.45) is 16.6 Å². The Balaban J connectivity index is 2.14. The number of amidine groups is 1. The molecule has 0 aromatic carbocycles. The highest BCUT2D eigenvalue weighted by atomic mass is 14.9. The third kappa shape index (κ3) is 4.30. The molecule has 1 aliphatic rings. The highest BCUT2D eigenvalue weighted by Crippen LogP contribution is 2.29. The molecule has 0 heterocycles. The topological polar surface area (TPSA) is 38.4 Å². The van der Waals surface area contributed by atoms with Gasteiger partial charge in [0.05, 0.1) is 5.84 Å². The number of aliphatic imine (C=N–C) groups is 1. The van der Waals surface area contributed by atoms with E-state index in [2.05, 4.69) is 18.8 Å². The van der Waals surface area contributed by atoms with Crippen LogP contribution in [0.4, 0.5) is 0 Å². The van der Waals surface area contributed by atoms with Crippen molar-refractivity contribution in [3.05, 3.63) is 0 Å². The molecule has 2 heteroatoms. The number of nitrogens with zero attached hydrogens (tertiary/aromatic N) is 1. The van der Waals surface area contributed by atoms with E-state index in [9.17, 15) is 0 Å².